The lowest BCUT2D eigenvalue weighted by atomic mass is 10.3. The molecule has 0 N–H and O–H groups in total. The summed E-state index contributed by atoms with van der Waals surface area (Å²) in [4.78, 5) is 22.0. The van der Waals surface area contributed by atoms with E-state index in [0.717, 1.165) is 35.6 Å². The Morgan fingerprint density at radius 2 is 1.73 bits per heavy atom. The summed E-state index contributed by atoms with van der Waals surface area (Å²) in [5.41, 5.74) is 0.847. The summed E-state index contributed by atoms with van der Waals surface area (Å²) in [7, 11) is 1.58. The minimum absolute atomic E-state index is 0. The minimum Gasteiger partial charge on any atom is -0.494 e. The summed E-state index contributed by atoms with van der Waals surface area (Å²) in [5, 5.41) is 0.662. The first-order valence-corrected chi connectivity index (χ1v) is 11.7. The summed E-state index contributed by atoms with van der Waals surface area (Å²) >= 11 is 1.49. The number of fused-ring (bicyclic) bond motifs is 1. The van der Waals surface area contributed by atoms with E-state index in [4.69, 9.17) is 19.2 Å². The molecule has 1 aromatic heterocycles. The van der Waals surface area contributed by atoms with Gasteiger partial charge in [-0.3, -0.25) is 9.69 Å². The number of halogens is 1. The lowest BCUT2D eigenvalue weighted by molar-refractivity contribution is -0.120. The molecule has 0 aliphatic rings. The number of para-hydroxylation sites is 2. The van der Waals surface area contributed by atoms with Crippen molar-refractivity contribution in [2.75, 3.05) is 51.4 Å². The third-order valence-corrected chi connectivity index (χ3v) is 6.19. The molecule has 0 radical (unpaired) electrons. The van der Waals surface area contributed by atoms with Crippen molar-refractivity contribution in [3.8, 4) is 17.2 Å². The summed E-state index contributed by atoms with van der Waals surface area (Å²) in [6.45, 7) is 9.84. The van der Waals surface area contributed by atoms with E-state index in [-0.39, 0.29) is 24.9 Å². The maximum atomic E-state index is 13.2. The van der Waals surface area contributed by atoms with Gasteiger partial charge in [-0.1, -0.05) is 37.3 Å². The molecule has 0 fully saturated rings. The monoisotopic (exact) mass is 493 g/mol. The largest absolute Gasteiger partial charge is 0.494 e. The Morgan fingerprint density at radius 1 is 1.00 bits per heavy atom. The number of amides is 1. The summed E-state index contributed by atoms with van der Waals surface area (Å²) < 4.78 is 17.7. The smallest absolute Gasteiger partial charge is 0.266 e. The van der Waals surface area contributed by atoms with Crippen molar-refractivity contribution in [3.05, 3.63) is 42.5 Å². The van der Waals surface area contributed by atoms with Crippen LogP contribution in [-0.4, -0.2) is 62.3 Å². The van der Waals surface area contributed by atoms with Gasteiger partial charge in [0.2, 0.25) is 0 Å². The van der Waals surface area contributed by atoms with E-state index >= 15 is 0 Å². The third-order valence-electron chi connectivity index (χ3n) is 5.15. The van der Waals surface area contributed by atoms with Gasteiger partial charge >= 0.3 is 0 Å². The van der Waals surface area contributed by atoms with E-state index in [2.05, 4.69) is 18.7 Å². The Labute approximate surface area is 205 Å². The third kappa shape index (κ3) is 6.96. The molecule has 0 spiro atoms. The summed E-state index contributed by atoms with van der Waals surface area (Å²) in [5.74, 6) is 1.79. The van der Waals surface area contributed by atoms with Gasteiger partial charge in [-0.15, -0.1) is 12.4 Å². The van der Waals surface area contributed by atoms with Crippen LogP contribution in [0, 0.1) is 0 Å². The van der Waals surface area contributed by atoms with E-state index in [1.54, 1.807) is 24.1 Å². The molecule has 0 aliphatic carbocycles. The summed E-state index contributed by atoms with van der Waals surface area (Å²) in [6, 6.07) is 13.1. The molecule has 9 heteroatoms. The number of thiazole rings is 1. The predicted molar refractivity (Wildman–Crippen MR) is 137 cm³/mol. The number of ether oxygens (including phenoxy) is 3. The average molecular weight is 494 g/mol. The fraction of sp³-hybridized carbons (Fsp3) is 0.417. The topological polar surface area (TPSA) is 64.1 Å². The molecule has 180 valence electrons. The number of carbonyl (C=O) groups is 1. The lowest BCUT2D eigenvalue weighted by Gasteiger charge is -2.24. The van der Waals surface area contributed by atoms with Crippen molar-refractivity contribution in [1.29, 1.82) is 0 Å². The number of carbonyl (C=O) groups excluding carboxylic acids is 1. The van der Waals surface area contributed by atoms with Crippen LogP contribution in [0.4, 0.5) is 5.13 Å². The van der Waals surface area contributed by atoms with Crippen LogP contribution in [0.5, 0.6) is 17.2 Å². The zero-order valence-electron chi connectivity index (χ0n) is 19.6. The number of anilines is 1. The van der Waals surface area contributed by atoms with Gasteiger partial charge < -0.3 is 19.1 Å². The highest BCUT2D eigenvalue weighted by molar-refractivity contribution is 7.22. The van der Waals surface area contributed by atoms with Gasteiger partial charge in [0.25, 0.3) is 5.91 Å². The first-order valence-electron chi connectivity index (χ1n) is 10.9. The Balaban J connectivity index is 0.00000385. The Kier molecular flexibility index (Phi) is 10.7. The van der Waals surface area contributed by atoms with Crippen molar-refractivity contribution in [3.63, 3.8) is 0 Å². The van der Waals surface area contributed by atoms with Crippen LogP contribution in [0.25, 0.3) is 10.2 Å². The molecule has 0 atom stereocenters. The summed E-state index contributed by atoms with van der Waals surface area (Å²) in [6.07, 6.45) is 0. The molecule has 1 heterocycles. The van der Waals surface area contributed by atoms with Gasteiger partial charge in [-0.05, 0) is 50.3 Å². The number of benzene rings is 2. The van der Waals surface area contributed by atoms with Crippen molar-refractivity contribution in [2.24, 2.45) is 0 Å². The highest BCUT2D eigenvalue weighted by Crippen LogP contribution is 2.32. The van der Waals surface area contributed by atoms with Gasteiger partial charge in [-0.2, -0.15) is 0 Å². The molecule has 0 aliphatic heterocycles. The molecule has 2 aromatic carbocycles. The molecule has 1 amide bonds. The normalized spacial score (nSPS) is 10.7. The number of hydrogen-bond acceptors (Lipinski definition) is 7. The van der Waals surface area contributed by atoms with Gasteiger partial charge in [0.05, 0.1) is 23.9 Å². The number of hydrogen-bond donors (Lipinski definition) is 0. The molecule has 33 heavy (non-hydrogen) atoms. The van der Waals surface area contributed by atoms with Gasteiger partial charge in [-0.25, -0.2) is 4.98 Å². The highest BCUT2D eigenvalue weighted by atomic mass is 35.5. The molecule has 0 saturated carbocycles. The molecule has 0 unspecified atom stereocenters. The molecular weight excluding hydrogens is 462 g/mol. The number of nitrogens with zero attached hydrogens (tertiary/aromatic N) is 3. The lowest BCUT2D eigenvalue weighted by Crippen LogP contribution is -2.41. The first-order chi connectivity index (χ1) is 15.6. The van der Waals surface area contributed by atoms with Crippen LogP contribution in [0.15, 0.2) is 42.5 Å². The Bertz CT molecular complexity index is 1030. The highest BCUT2D eigenvalue weighted by Gasteiger charge is 2.22. The van der Waals surface area contributed by atoms with Gasteiger partial charge in [0.1, 0.15) is 5.75 Å². The minimum atomic E-state index is -0.146. The Hall–Kier alpha value is -2.55. The first kappa shape index (κ1) is 26.7. The molecule has 0 saturated heterocycles. The predicted octanol–water partition coefficient (Wildman–Crippen LogP) is 4.88. The number of rotatable bonds is 12. The van der Waals surface area contributed by atoms with E-state index in [0.29, 0.717) is 29.8 Å². The quantitative estimate of drug-likeness (QED) is 0.358. The fourth-order valence-electron chi connectivity index (χ4n) is 3.33. The SMILES string of the molecule is CCOc1ccc2nc(N(CCN(CC)CC)C(=O)COc3ccccc3OC)sc2c1.Cl. The van der Waals surface area contributed by atoms with Crippen LogP contribution in [-0.2, 0) is 4.79 Å². The standard InChI is InChI=1S/C24H31N3O4S.ClH/c1-5-26(6-2)14-15-27(23(28)17-31-21-11-9-8-10-20(21)29-4)24-25-19-13-12-18(30-7-3)16-22(19)32-24;/h8-13,16H,5-7,14-15,17H2,1-4H3;1H. The second-order valence-electron chi connectivity index (χ2n) is 7.07. The Morgan fingerprint density at radius 3 is 2.39 bits per heavy atom. The molecular formula is C24H32ClN3O4S. The molecule has 7 nitrogen and oxygen atoms in total. The average Bonchev–Trinajstić information content (AvgIpc) is 3.23. The maximum absolute atomic E-state index is 13.2. The molecule has 3 rings (SSSR count). The maximum Gasteiger partial charge on any atom is 0.266 e. The second kappa shape index (κ2) is 13.2. The van der Waals surface area contributed by atoms with Gasteiger partial charge in [0.15, 0.2) is 23.2 Å². The van der Waals surface area contributed by atoms with Crippen molar-refractivity contribution in [2.45, 2.75) is 20.8 Å². The van der Waals surface area contributed by atoms with Crippen molar-refractivity contribution < 1.29 is 19.0 Å². The second-order valence-corrected chi connectivity index (χ2v) is 8.08. The van der Waals surface area contributed by atoms with Crippen molar-refractivity contribution in [1.82, 2.24) is 9.88 Å². The van der Waals surface area contributed by atoms with Crippen LogP contribution < -0.4 is 19.1 Å². The van der Waals surface area contributed by atoms with E-state index < -0.39 is 0 Å². The number of methoxy groups -OCH3 is 1. The zero-order chi connectivity index (χ0) is 22.9. The molecule has 3 aromatic rings. The van der Waals surface area contributed by atoms with Crippen LogP contribution in [0.2, 0.25) is 0 Å². The zero-order valence-corrected chi connectivity index (χ0v) is 21.2. The van der Waals surface area contributed by atoms with Crippen LogP contribution >= 0.6 is 23.7 Å². The molecule has 0 bridgehead atoms. The fourth-order valence-corrected chi connectivity index (χ4v) is 4.37. The van der Waals surface area contributed by atoms with Crippen LogP contribution in [0.3, 0.4) is 0 Å². The van der Waals surface area contributed by atoms with Crippen LogP contribution in [0.1, 0.15) is 20.8 Å². The van der Waals surface area contributed by atoms with Crippen molar-refractivity contribution >= 4 is 45.0 Å². The van der Waals surface area contributed by atoms with E-state index in [1.807, 2.05) is 37.3 Å². The number of likely N-dealkylation sites (N-methyl/N-ethyl adjacent to an activating group) is 1. The van der Waals surface area contributed by atoms with E-state index in [9.17, 15) is 4.79 Å². The van der Waals surface area contributed by atoms with Gasteiger partial charge in [0, 0.05) is 13.1 Å². The number of aromatic nitrogens is 1. The van der Waals surface area contributed by atoms with E-state index in [1.165, 1.54) is 11.3 Å².